The van der Waals surface area contributed by atoms with Crippen molar-refractivity contribution in [2.24, 2.45) is 0 Å². The van der Waals surface area contributed by atoms with Crippen molar-refractivity contribution >= 4 is 5.95 Å². The molecule has 0 amide bonds. The first-order valence-corrected chi connectivity index (χ1v) is 7.87. The standard InChI is InChI=1S/C17H22N4O2/c1-23-10-8-18-17-19-15-7-9-21(12-14(15)16(22)20-17)11-13-5-3-2-4-6-13/h2-6H,7-12H2,1H3,(H2,18,19,20,22). The fourth-order valence-electron chi connectivity index (χ4n) is 2.81. The molecule has 0 spiro atoms. The molecule has 2 N–H and O–H groups in total. The molecular weight excluding hydrogens is 292 g/mol. The molecule has 1 aromatic carbocycles. The predicted octanol–water partition coefficient (Wildman–Crippen LogP) is 1.39. The topological polar surface area (TPSA) is 70.2 Å². The van der Waals surface area contributed by atoms with Crippen molar-refractivity contribution in [3.8, 4) is 0 Å². The summed E-state index contributed by atoms with van der Waals surface area (Å²) in [6, 6.07) is 10.3. The second kappa shape index (κ2) is 7.39. The third-order valence-electron chi connectivity index (χ3n) is 4.00. The van der Waals surface area contributed by atoms with E-state index in [1.54, 1.807) is 7.11 Å². The fourth-order valence-corrected chi connectivity index (χ4v) is 2.81. The fraction of sp³-hybridized carbons (Fsp3) is 0.412. The van der Waals surface area contributed by atoms with E-state index in [2.05, 4.69) is 32.3 Å². The molecule has 0 bridgehead atoms. The van der Waals surface area contributed by atoms with Crippen LogP contribution in [0.5, 0.6) is 0 Å². The largest absolute Gasteiger partial charge is 0.383 e. The molecule has 0 atom stereocenters. The maximum atomic E-state index is 12.3. The zero-order chi connectivity index (χ0) is 16.1. The Bertz CT molecular complexity index is 699. The molecule has 3 rings (SSSR count). The maximum absolute atomic E-state index is 12.3. The number of H-pyrrole nitrogens is 1. The van der Waals surface area contributed by atoms with Crippen LogP contribution in [0.15, 0.2) is 35.1 Å². The number of aromatic nitrogens is 2. The molecular formula is C17H22N4O2. The highest BCUT2D eigenvalue weighted by molar-refractivity contribution is 5.31. The van der Waals surface area contributed by atoms with E-state index in [1.807, 2.05) is 18.2 Å². The molecule has 0 fully saturated rings. The lowest BCUT2D eigenvalue weighted by atomic mass is 10.1. The van der Waals surface area contributed by atoms with Gasteiger partial charge in [-0.25, -0.2) is 4.98 Å². The number of nitrogens with zero attached hydrogens (tertiary/aromatic N) is 2. The number of benzene rings is 1. The number of nitrogens with one attached hydrogen (secondary N) is 2. The Kier molecular flexibility index (Phi) is 5.05. The Labute approximate surface area is 135 Å². The summed E-state index contributed by atoms with van der Waals surface area (Å²) in [6.45, 7) is 3.61. The molecule has 0 saturated carbocycles. The lowest BCUT2D eigenvalue weighted by molar-refractivity contribution is 0.210. The third kappa shape index (κ3) is 3.97. The van der Waals surface area contributed by atoms with Crippen molar-refractivity contribution in [3.05, 3.63) is 57.5 Å². The van der Waals surface area contributed by atoms with Gasteiger partial charge in [0, 0.05) is 39.7 Å². The highest BCUT2D eigenvalue weighted by Gasteiger charge is 2.21. The van der Waals surface area contributed by atoms with Gasteiger partial charge in [-0.2, -0.15) is 0 Å². The molecule has 6 nitrogen and oxygen atoms in total. The van der Waals surface area contributed by atoms with Gasteiger partial charge in [0.05, 0.1) is 17.9 Å². The molecule has 0 radical (unpaired) electrons. The quantitative estimate of drug-likeness (QED) is 0.789. The van der Waals surface area contributed by atoms with Gasteiger partial charge in [0.15, 0.2) is 0 Å². The molecule has 0 aliphatic carbocycles. The predicted molar refractivity (Wildman–Crippen MR) is 89.5 cm³/mol. The monoisotopic (exact) mass is 314 g/mol. The summed E-state index contributed by atoms with van der Waals surface area (Å²) in [4.78, 5) is 22.0. The van der Waals surface area contributed by atoms with Crippen LogP contribution in [0.25, 0.3) is 0 Å². The van der Waals surface area contributed by atoms with Gasteiger partial charge >= 0.3 is 0 Å². The van der Waals surface area contributed by atoms with E-state index in [0.717, 1.165) is 30.8 Å². The van der Waals surface area contributed by atoms with E-state index in [0.29, 0.717) is 25.6 Å². The van der Waals surface area contributed by atoms with Crippen molar-refractivity contribution in [1.82, 2.24) is 14.9 Å². The molecule has 1 aromatic heterocycles. The van der Waals surface area contributed by atoms with Crippen molar-refractivity contribution in [2.75, 3.05) is 32.1 Å². The summed E-state index contributed by atoms with van der Waals surface area (Å²) in [5, 5.41) is 3.08. The number of hydrogen-bond donors (Lipinski definition) is 2. The summed E-state index contributed by atoms with van der Waals surface area (Å²) in [6.07, 6.45) is 0.797. The minimum atomic E-state index is -0.0484. The van der Waals surface area contributed by atoms with Crippen LogP contribution in [-0.4, -0.2) is 41.7 Å². The van der Waals surface area contributed by atoms with Gasteiger partial charge in [0.2, 0.25) is 5.95 Å². The van der Waals surface area contributed by atoms with Crippen LogP contribution >= 0.6 is 0 Å². The van der Waals surface area contributed by atoms with Crippen LogP contribution < -0.4 is 10.9 Å². The van der Waals surface area contributed by atoms with Crippen LogP contribution in [0, 0.1) is 0 Å². The first-order valence-electron chi connectivity index (χ1n) is 7.87. The molecule has 2 aromatic rings. The second-order valence-electron chi connectivity index (χ2n) is 5.71. The number of ether oxygens (including phenoxy) is 1. The van der Waals surface area contributed by atoms with Gasteiger partial charge in [0.1, 0.15) is 0 Å². The van der Waals surface area contributed by atoms with Gasteiger partial charge in [0.25, 0.3) is 5.56 Å². The minimum absolute atomic E-state index is 0.0484. The summed E-state index contributed by atoms with van der Waals surface area (Å²) in [5.41, 5.74) is 2.90. The molecule has 0 unspecified atom stereocenters. The average Bonchev–Trinajstić information content (AvgIpc) is 2.57. The molecule has 6 heteroatoms. The number of methoxy groups -OCH3 is 1. The van der Waals surface area contributed by atoms with Gasteiger partial charge in [-0.3, -0.25) is 14.7 Å². The van der Waals surface area contributed by atoms with Gasteiger partial charge < -0.3 is 10.1 Å². The van der Waals surface area contributed by atoms with Crippen LogP contribution in [-0.2, 0) is 24.2 Å². The van der Waals surface area contributed by atoms with Gasteiger partial charge in [-0.15, -0.1) is 0 Å². The molecule has 0 saturated heterocycles. The zero-order valence-electron chi connectivity index (χ0n) is 13.3. The van der Waals surface area contributed by atoms with E-state index in [-0.39, 0.29) is 5.56 Å². The first kappa shape index (κ1) is 15.7. The average molecular weight is 314 g/mol. The molecule has 1 aliphatic rings. The number of rotatable bonds is 6. The van der Waals surface area contributed by atoms with Crippen LogP contribution in [0.2, 0.25) is 0 Å². The Morgan fingerprint density at radius 1 is 1.35 bits per heavy atom. The summed E-state index contributed by atoms with van der Waals surface area (Å²) in [7, 11) is 1.64. The van der Waals surface area contributed by atoms with E-state index in [9.17, 15) is 4.79 Å². The highest BCUT2D eigenvalue weighted by atomic mass is 16.5. The second-order valence-corrected chi connectivity index (χ2v) is 5.71. The number of anilines is 1. The van der Waals surface area contributed by atoms with Crippen molar-refractivity contribution in [3.63, 3.8) is 0 Å². The summed E-state index contributed by atoms with van der Waals surface area (Å²) in [5.74, 6) is 0.530. The Morgan fingerprint density at radius 3 is 2.96 bits per heavy atom. The van der Waals surface area contributed by atoms with E-state index < -0.39 is 0 Å². The smallest absolute Gasteiger partial charge is 0.257 e. The van der Waals surface area contributed by atoms with Crippen LogP contribution in [0.1, 0.15) is 16.8 Å². The normalized spacial score (nSPS) is 14.5. The Morgan fingerprint density at radius 2 is 2.17 bits per heavy atom. The van der Waals surface area contributed by atoms with Gasteiger partial charge in [-0.05, 0) is 5.56 Å². The summed E-state index contributed by atoms with van der Waals surface area (Å²) >= 11 is 0. The van der Waals surface area contributed by atoms with Crippen molar-refractivity contribution < 1.29 is 4.74 Å². The number of aromatic amines is 1. The van der Waals surface area contributed by atoms with E-state index >= 15 is 0 Å². The van der Waals surface area contributed by atoms with E-state index in [4.69, 9.17) is 4.74 Å². The van der Waals surface area contributed by atoms with Crippen LogP contribution in [0.3, 0.4) is 0 Å². The molecule has 122 valence electrons. The lowest BCUT2D eigenvalue weighted by Crippen LogP contribution is -2.35. The Balaban J connectivity index is 1.70. The van der Waals surface area contributed by atoms with Crippen molar-refractivity contribution in [1.29, 1.82) is 0 Å². The Hall–Kier alpha value is -2.18. The molecule has 23 heavy (non-hydrogen) atoms. The zero-order valence-corrected chi connectivity index (χ0v) is 13.3. The summed E-state index contributed by atoms with van der Waals surface area (Å²) < 4.78 is 4.99. The molecule has 1 aliphatic heterocycles. The molecule has 2 heterocycles. The van der Waals surface area contributed by atoms with Crippen molar-refractivity contribution in [2.45, 2.75) is 19.5 Å². The number of fused-ring (bicyclic) bond motifs is 1. The number of hydrogen-bond acceptors (Lipinski definition) is 5. The minimum Gasteiger partial charge on any atom is -0.383 e. The maximum Gasteiger partial charge on any atom is 0.257 e. The SMILES string of the molecule is COCCNc1nc2c(c(=O)[nH]1)CN(Cc1ccccc1)CC2. The highest BCUT2D eigenvalue weighted by Crippen LogP contribution is 2.17. The lowest BCUT2D eigenvalue weighted by Gasteiger charge is -2.27. The van der Waals surface area contributed by atoms with Gasteiger partial charge in [-0.1, -0.05) is 30.3 Å². The third-order valence-corrected chi connectivity index (χ3v) is 4.00. The van der Waals surface area contributed by atoms with E-state index in [1.165, 1.54) is 5.56 Å². The van der Waals surface area contributed by atoms with Crippen LogP contribution in [0.4, 0.5) is 5.95 Å². The first-order chi connectivity index (χ1) is 11.3.